The summed E-state index contributed by atoms with van der Waals surface area (Å²) in [5.41, 5.74) is 0. The molecule has 1 aromatic rings. The van der Waals surface area contributed by atoms with E-state index in [-0.39, 0.29) is 0 Å². The standard InChI is InChI=1S/C13H22N2O3S/c1-11(10-13-4-3-9-18-13)14-12-5-7-15(8-6-12)19(2,16)17/h3-4,9,11-12,14H,5-8,10H2,1-2H3. The fourth-order valence-corrected chi connectivity index (χ4v) is 3.42. The summed E-state index contributed by atoms with van der Waals surface area (Å²) in [5.74, 6) is 0.980. The molecule has 0 spiro atoms. The number of piperidine rings is 1. The van der Waals surface area contributed by atoms with Crippen LogP contribution >= 0.6 is 0 Å². The molecule has 2 heterocycles. The van der Waals surface area contributed by atoms with Crippen molar-refractivity contribution in [1.29, 1.82) is 0 Å². The Bertz CT molecular complexity index is 476. The van der Waals surface area contributed by atoms with Gasteiger partial charge in [0.2, 0.25) is 10.0 Å². The van der Waals surface area contributed by atoms with Crippen LogP contribution in [0.15, 0.2) is 22.8 Å². The second-order valence-electron chi connectivity index (χ2n) is 5.29. The highest BCUT2D eigenvalue weighted by Crippen LogP contribution is 2.14. The monoisotopic (exact) mass is 286 g/mol. The Morgan fingerprint density at radius 2 is 2.16 bits per heavy atom. The summed E-state index contributed by atoms with van der Waals surface area (Å²) in [6.07, 6.45) is 5.57. The molecular formula is C13H22N2O3S. The summed E-state index contributed by atoms with van der Waals surface area (Å²) in [5, 5.41) is 3.55. The molecule has 1 saturated heterocycles. The van der Waals surface area contributed by atoms with Gasteiger partial charge >= 0.3 is 0 Å². The van der Waals surface area contributed by atoms with Crippen LogP contribution in [0.4, 0.5) is 0 Å². The smallest absolute Gasteiger partial charge is 0.211 e. The van der Waals surface area contributed by atoms with E-state index in [4.69, 9.17) is 4.42 Å². The van der Waals surface area contributed by atoms with Gasteiger partial charge in [-0.05, 0) is 31.9 Å². The molecule has 0 saturated carbocycles. The first kappa shape index (κ1) is 14.6. The fourth-order valence-electron chi connectivity index (χ4n) is 2.55. The predicted molar refractivity (Wildman–Crippen MR) is 74.4 cm³/mol. The summed E-state index contributed by atoms with van der Waals surface area (Å²) < 4.78 is 29.7. The van der Waals surface area contributed by atoms with Crippen LogP contribution < -0.4 is 5.32 Å². The minimum atomic E-state index is -3.03. The lowest BCUT2D eigenvalue weighted by Crippen LogP contribution is -2.47. The lowest BCUT2D eigenvalue weighted by Gasteiger charge is -2.32. The minimum absolute atomic E-state index is 0.334. The first-order valence-electron chi connectivity index (χ1n) is 6.68. The lowest BCUT2D eigenvalue weighted by atomic mass is 10.0. The summed E-state index contributed by atoms with van der Waals surface area (Å²) in [7, 11) is -3.03. The van der Waals surface area contributed by atoms with Crippen LogP contribution in [-0.4, -0.2) is 44.2 Å². The number of nitrogens with one attached hydrogen (secondary N) is 1. The molecule has 0 radical (unpaired) electrons. The van der Waals surface area contributed by atoms with E-state index in [1.54, 1.807) is 10.6 Å². The maximum atomic E-state index is 11.4. The number of nitrogens with zero attached hydrogens (tertiary/aromatic N) is 1. The Morgan fingerprint density at radius 1 is 1.47 bits per heavy atom. The molecule has 1 N–H and O–H groups in total. The summed E-state index contributed by atoms with van der Waals surface area (Å²) in [6, 6.07) is 4.60. The van der Waals surface area contributed by atoms with Gasteiger partial charge in [0.15, 0.2) is 0 Å². The van der Waals surface area contributed by atoms with Crippen molar-refractivity contribution in [2.24, 2.45) is 0 Å². The molecule has 0 aromatic carbocycles. The Hall–Kier alpha value is -0.850. The molecule has 2 rings (SSSR count). The third-order valence-corrected chi connectivity index (χ3v) is 4.83. The van der Waals surface area contributed by atoms with Crippen molar-refractivity contribution in [3.63, 3.8) is 0 Å². The normalized spacial score (nSPS) is 20.5. The molecule has 19 heavy (non-hydrogen) atoms. The Morgan fingerprint density at radius 3 is 2.68 bits per heavy atom. The highest BCUT2D eigenvalue weighted by Gasteiger charge is 2.25. The Kier molecular flexibility index (Phi) is 4.65. The predicted octanol–water partition coefficient (Wildman–Crippen LogP) is 1.22. The van der Waals surface area contributed by atoms with Gasteiger partial charge in [-0.15, -0.1) is 0 Å². The number of furan rings is 1. The van der Waals surface area contributed by atoms with Gasteiger partial charge < -0.3 is 9.73 Å². The van der Waals surface area contributed by atoms with Crippen molar-refractivity contribution in [1.82, 2.24) is 9.62 Å². The van der Waals surface area contributed by atoms with Crippen molar-refractivity contribution >= 4 is 10.0 Å². The van der Waals surface area contributed by atoms with Crippen LogP contribution in [0.2, 0.25) is 0 Å². The van der Waals surface area contributed by atoms with Crippen molar-refractivity contribution in [3.8, 4) is 0 Å². The number of rotatable bonds is 5. The minimum Gasteiger partial charge on any atom is -0.469 e. The summed E-state index contributed by atoms with van der Waals surface area (Å²) in [4.78, 5) is 0. The zero-order chi connectivity index (χ0) is 13.9. The van der Waals surface area contributed by atoms with E-state index in [1.165, 1.54) is 6.26 Å². The number of hydrogen-bond donors (Lipinski definition) is 1. The SMILES string of the molecule is CC(Cc1ccco1)NC1CCN(S(C)(=O)=O)CC1. The molecule has 1 unspecified atom stereocenters. The Labute approximate surface area is 115 Å². The molecule has 0 aliphatic carbocycles. The van der Waals surface area contributed by atoms with Crippen LogP contribution in [0.3, 0.4) is 0 Å². The molecule has 0 amide bonds. The van der Waals surface area contributed by atoms with Crippen molar-refractivity contribution < 1.29 is 12.8 Å². The zero-order valence-corrected chi connectivity index (χ0v) is 12.3. The highest BCUT2D eigenvalue weighted by molar-refractivity contribution is 7.88. The van der Waals surface area contributed by atoms with Crippen LogP contribution in [0.25, 0.3) is 0 Å². The van der Waals surface area contributed by atoms with Crippen molar-refractivity contribution in [2.45, 2.75) is 38.3 Å². The van der Waals surface area contributed by atoms with Gasteiger partial charge in [-0.1, -0.05) is 0 Å². The van der Waals surface area contributed by atoms with E-state index >= 15 is 0 Å². The first-order valence-corrected chi connectivity index (χ1v) is 8.53. The maximum Gasteiger partial charge on any atom is 0.211 e. The molecule has 0 bridgehead atoms. The highest BCUT2D eigenvalue weighted by atomic mass is 32.2. The van der Waals surface area contributed by atoms with Crippen LogP contribution in [0.5, 0.6) is 0 Å². The van der Waals surface area contributed by atoms with E-state index in [0.29, 0.717) is 25.2 Å². The topological polar surface area (TPSA) is 62.6 Å². The van der Waals surface area contributed by atoms with Crippen LogP contribution in [0.1, 0.15) is 25.5 Å². The number of hydrogen-bond acceptors (Lipinski definition) is 4. The van der Waals surface area contributed by atoms with Crippen molar-refractivity contribution in [3.05, 3.63) is 24.2 Å². The molecule has 1 atom stereocenters. The third kappa shape index (κ3) is 4.33. The lowest BCUT2D eigenvalue weighted by molar-refractivity contribution is 0.274. The summed E-state index contributed by atoms with van der Waals surface area (Å²) in [6.45, 7) is 3.36. The molecule has 5 nitrogen and oxygen atoms in total. The quantitative estimate of drug-likeness (QED) is 0.884. The molecule has 108 valence electrons. The van der Waals surface area contributed by atoms with E-state index in [2.05, 4.69) is 12.2 Å². The first-order chi connectivity index (χ1) is 8.95. The van der Waals surface area contributed by atoms with Gasteiger partial charge in [0.25, 0.3) is 0 Å². The maximum absolute atomic E-state index is 11.4. The second-order valence-corrected chi connectivity index (χ2v) is 7.27. The van der Waals surface area contributed by atoms with E-state index in [0.717, 1.165) is 25.0 Å². The fraction of sp³-hybridized carbons (Fsp3) is 0.692. The van der Waals surface area contributed by atoms with Crippen LogP contribution in [0, 0.1) is 0 Å². The van der Waals surface area contributed by atoms with Gasteiger partial charge in [0.1, 0.15) is 5.76 Å². The molecule has 6 heteroatoms. The molecule has 1 aliphatic heterocycles. The average Bonchev–Trinajstić information content (AvgIpc) is 2.81. The molecular weight excluding hydrogens is 264 g/mol. The van der Waals surface area contributed by atoms with E-state index < -0.39 is 10.0 Å². The zero-order valence-electron chi connectivity index (χ0n) is 11.5. The average molecular weight is 286 g/mol. The van der Waals surface area contributed by atoms with Gasteiger partial charge in [-0.2, -0.15) is 0 Å². The third-order valence-electron chi connectivity index (χ3n) is 3.53. The van der Waals surface area contributed by atoms with Crippen molar-refractivity contribution in [2.75, 3.05) is 19.3 Å². The van der Waals surface area contributed by atoms with Crippen LogP contribution in [-0.2, 0) is 16.4 Å². The second kappa shape index (κ2) is 6.07. The number of sulfonamides is 1. The Balaban J connectivity index is 1.76. The van der Waals surface area contributed by atoms with Gasteiger partial charge in [-0.25, -0.2) is 12.7 Å². The largest absolute Gasteiger partial charge is 0.469 e. The molecule has 1 aromatic heterocycles. The van der Waals surface area contributed by atoms with Gasteiger partial charge in [0, 0.05) is 31.6 Å². The molecule has 1 aliphatic rings. The van der Waals surface area contributed by atoms with Gasteiger partial charge in [0.05, 0.1) is 12.5 Å². The summed E-state index contributed by atoms with van der Waals surface area (Å²) >= 11 is 0. The van der Waals surface area contributed by atoms with Gasteiger partial charge in [-0.3, -0.25) is 0 Å². The molecule has 1 fully saturated rings. The van der Waals surface area contributed by atoms with E-state index in [1.807, 2.05) is 12.1 Å². The van der Waals surface area contributed by atoms with E-state index in [9.17, 15) is 8.42 Å².